The molecule has 0 aromatic heterocycles. The monoisotopic (exact) mass is 546 g/mol. The van der Waals surface area contributed by atoms with Gasteiger partial charge in [-0.2, -0.15) is 0 Å². The predicted octanol–water partition coefficient (Wildman–Crippen LogP) is 4.90. The molecule has 10 heteroatoms. The van der Waals surface area contributed by atoms with E-state index in [1.54, 1.807) is 14.2 Å². The van der Waals surface area contributed by atoms with Crippen LogP contribution in [0, 0.1) is 17.5 Å². The van der Waals surface area contributed by atoms with Gasteiger partial charge in [-0.05, 0) is 95.0 Å². The molecular formula is C29H37F3N4O3. The average molecular weight is 547 g/mol. The predicted molar refractivity (Wildman–Crippen MR) is 143 cm³/mol. The molecule has 2 amide bonds. The fourth-order valence-electron chi connectivity index (χ4n) is 6.93. The van der Waals surface area contributed by atoms with Crippen molar-refractivity contribution in [2.75, 3.05) is 46.2 Å². The van der Waals surface area contributed by atoms with Crippen LogP contribution in [0.25, 0.3) is 0 Å². The first-order chi connectivity index (χ1) is 18.8. The number of carbonyl (C=O) groups excluding carboxylic acids is 1. The van der Waals surface area contributed by atoms with Gasteiger partial charge in [-0.3, -0.25) is 4.90 Å². The van der Waals surface area contributed by atoms with Crippen LogP contribution in [0.4, 0.5) is 23.7 Å². The third-order valence-corrected chi connectivity index (χ3v) is 9.04. The van der Waals surface area contributed by atoms with Crippen molar-refractivity contribution in [3.05, 3.63) is 53.3 Å². The summed E-state index contributed by atoms with van der Waals surface area (Å²) in [4.78, 5) is 17.8. The molecule has 2 aromatic carbocycles. The van der Waals surface area contributed by atoms with Crippen molar-refractivity contribution in [2.24, 2.45) is 0 Å². The summed E-state index contributed by atoms with van der Waals surface area (Å²) in [5, 5.41) is 5.32. The number of nitrogens with zero attached hydrogens (tertiary/aromatic N) is 2. The van der Waals surface area contributed by atoms with Crippen LogP contribution in [0.5, 0.6) is 11.5 Å². The van der Waals surface area contributed by atoms with Crippen molar-refractivity contribution >= 4 is 11.7 Å². The van der Waals surface area contributed by atoms with E-state index in [9.17, 15) is 18.0 Å². The zero-order valence-corrected chi connectivity index (χ0v) is 22.7. The number of hydrogen-bond acceptors (Lipinski definition) is 5. The maximum atomic E-state index is 14.1. The molecule has 212 valence electrons. The standard InChI is InChI=1S/C29H37F3N4O3/c1-35-13-9-20(10-14-35)36-15-12-29(18-4-7-23(38-2)24(16-18)39-3)11-8-19(17-25(29)36)33-28(37)34-22-6-5-21(30)26(31)27(22)32/h4-7,16,19-20,25H,8-15,17H2,1-3H3,(H2,33,34,37)/t19-,25+,29-/m0/s1. The molecule has 2 aromatic rings. The van der Waals surface area contributed by atoms with Crippen molar-refractivity contribution in [1.29, 1.82) is 0 Å². The normalized spacial score (nSPS) is 26.2. The lowest BCUT2D eigenvalue weighted by Gasteiger charge is -2.48. The van der Waals surface area contributed by atoms with Crippen LogP contribution in [0.2, 0.25) is 0 Å². The molecule has 3 fully saturated rings. The molecule has 2 heterocycles. The number of piperidine rings is 1. The molecule has 0 radical (unpaired) electrons. The molecule has 5 rings (SSSR count). The lowest BCUT2D eigenvalue weighted by atomic mass is 9.65. The third kappa shape index (κ3) is 5.28. The Balaban J connectivity index is 1.37. The molecule has 3 aliphatic rings. The molecule has 2 saturated heterocycles. The van der Waals surface area contributed by atoms with Crippen molar-refractivity contribution < 1.29 is 27.4 Å². The summed E-state index contributed by atoms with van der Waals surface area (Å²) in [6, 6.07) is 7.90. The number of rotatable bonds is 6. The van der Waals surface area contributed by atoms with Gasteiger partial charge < -0.3 is 25.0 Å². The summed E-state index contributed by atoms with van der Waals surface area (Å²) in [5.41, 5.74) is 0.729. The Hall–Kier alpha value is -2.98. The summed E-state index contributed by atoms with van der Waals surface area (Å²) < 4.78 is 52.2. The van der Waals surface area contributed by atoms with Crippen LogP contribution in [-0.2, 0) is 5.41 Å². The van der Waals surface area contributed by atoms with E-state index in [0.717, 1.165) is 70.3 Å². The van der Waals surface area contributed by atoms with Gasteiger partial charge in [-0.1, -0.05) is 6.07 Å². The molecule has 1 saturated carbocycles. The SMILES string of the molecule is COc1ccc([C@@]23CC[C@H](NC(=O)Nc4ccc(F)c(F)c4F)C[C@H]2N(C2CCN(C)CC2)CC3)cc1OC. The number of fused-ring (bicyclic) bond motifs is 1. The number of amides is 2. The first kappa shape index (κ1) is 27.6. The van der Waals surface area contributed by atoms with E-state index in [-0.39, 0.29) is 17.5 Å². The Bertz CT molecular complexity index is 1210. The van der Waals surface area contributed by atoms with E-state index in [0.29, 0.717) is 17.5 Å². The van der Waals surface area contributed by atoms with Gasteiger partial charge >= 0.3 is 6.03 Å². The number of ether oxygens (including phenoxy) is 2. The highest BCUT2D eigenvalue weighted by Gasteiger charge is 2.53. The maximum Gasteiger partial charge on any atom is 0.319 e. The Morgan fingerprint density at radius 3 is 2.41 bits per heavy atom. The van der Waals surface area contributed by atoms with Crippen molar-refractivity contribution in [2.45, 2.75) is 62.1 Å². The van der Waals surface area contributed by atoms with Crippen molar-refractivity contribution in [3.8, 4) is 11.5 Å². The number of urea groups is 1. The van der Waals surface area contributed by atoms with Crippen LogP contribution in [0.3, 0.4) is 0 Å². The van der Waals surface area contributed by atoms with E-state index < -0.39 is 29.2 Å². The van der Waals surface area contributed by atoms with Gasteiger partial charge in [0.2, 0.25) is 0 Å². The molecule has 0 unspecified atom stereocenters. The van der Waals surface area contributed by atoms with Gasteiger partial charge in [0.1, 0.15) is 0 Å². The number of halogens is 3. The molecule has 7 nitrogen and oxygen atoms in total. The first-order valence-corrected chi connectivity index (χ1v) is 13.6. The smallest absolute Gasteiger partial charge is 0.319 e. The zero-order chi connectivity index (χ0) is 27.7. The Kier molecular flexibility index (Phi) is 7.96. The van der Waals surface area contributed by atoms with E-state index in [2.05, 4.69) is 39.6 Å². The quantitative estimate of drug-likeness (QED) is 0.505. The fraction of sp³-hybridized carbons (Fsp3) is 0.552. The highest BCUT2D eigenvalue weighted by Crippen LogP contribution is 2.51. The largest absolute Gasteiger partial charge is 0.493 e. The van der Waals surface area contributed by atoms with Crippen LogP contribution >= 0.6 is 0 Å². The zero-order valence-electron chi connectivity index (χ0n) is 22.7. The van der Waals surface area contributed by atoms with E-state index in [1.165, 1.54) is 5.56 Å². The first-order valence-electron chi connectivity index (χ1n) is 13.6. The molecule has 0 spiro atoms. The Labute approximate surface area is 227 Å². The second-order valence-electron chi connectivity index (χ2n) is 11.1. The number of hydrogen-bond donors (Lipinski definition) is 2. The maximum absolute atomic E-state index is 14.1. The molecule has 1 aliphatic carbocycles. The highest BCUT2D eigenvalue weighted by atomic mass is 19.2. The third-order valence-electron chi connectivity index (χ3n) is 9.04. The number of likely N-dealkylation sites (tertiary alicyclic amines) is 2. The van der Waals surface area contributed by atoms with Crippen LogP contribution in [0.1, 0.15) is 44.1 Å². The van der Waals surface area contributed by atoms with E-state index in [4.69, 9.17) is 9.47 Å². The van der Waals surface area contributed by atoms with Crippen LogP contribution < -0.4 is 20.1 Å². The summed E-state index contributed by atoms with van der Waals surface area (Å²) in [5.74, 6) is -2.92. The number of anilines is 1. The second kappa shape index (κ2) is 11.3. The molecule has 2 N–H and O–H groups in total. The minimum Gasteiger partial charge on any atom is -0.493 e. The Morgan fingerprint density at radius 1 is 0.949 bits per heavy atom. The minimum absolute atomic E-state index is 0.0935. The van der Waals surface area contributed by atoms with Gasteiger partial charge in [0.15, 0.2) is 29.0 Å². The lowest BCUT2D eigenvalue weighted by Crippen LogP contribution is -2.56. The number of nitrogens with one attached hydrogen (secondary N) is 2. The van der Waals surface area contributed by atoms with Crippen LogP contribution in [-0.4, -0.2) is 74.9 Å². The number of methoxy groups -OCH3 is 2. The van der Waals surface area contributed by atoms with Crippen molar-refractivity contribution in [1.82, 2.24) is 15.1 Å². The fourth-order valence-corrected chi connectivity index (χ4v) is 6.93. The second-order valence-corrected chi connectivity index (χ2v) is 11.1. The number of benzene rings is 2. The average Bonchev–Trinajstić information content (AvgIpc) is 3.33. The van der Waals surface area contributed by atoms with E-state index >= 15 is 0 Å². The topological polar surface area (TPSA) is 66.1 Å². The highest BCUT2D eigenvalue weighted by molar-refractivity contribution is 5.89. The molecule has 0 bridgehead atoms. The van der Waals surface area contributed by atoms with E-state index in [1.807, 2.05) is 6.07 Å². The minimum atomic E-state index is -1.61. The molecular weight excluding hydrogens is 509 g/mol. The van der Waals surface area contributed by atoms with Gasteiger partial charge in [0, 0.05) is 23.5 Å². The van der Waals surface area contributed by atoms with Gasteiger partial charge in [0.05, 0.1) is 19.9 Å². The summed E-state index contributed by atoms with van der Waals surface area (Å²) in [7, 11) is 5.43. The summed E-state index contributed by atoms with van der Waals surface area (Å²) in [6.45, 7) is 3.09. The lowest BCUT2D eigenvalue weighted by molar-refractivity contribution is 0.0673. The Morgan fingerprint density at radius 2 is 1.69 bits per heavy atom. The van der Waals surface area contributed by atoms with Gasteiger partial charge in [-0.15, -0.1) is 0 Å². The summed E-state index contributed by atoms with van der Waals surface area (Å²) in [6.07, 6.45) is 5.54. The van der Waals surface area contributed by atoms with Gasteiger partial charge in [-0.25, -0.2) is 18.0 Å². The number of carbonyl (C=O) groups is 1. The molecule has 3 atom stereocenters. The molecule has 2 aliphatic heterocycles. The van der Waals surface area contributed by atoms with Gasteiger partial charge in [0.25, 0.3) is 0 Å². The van der Waals surface area contributed by atoms with Crippen molar-refractivity contribution in [3.63, 3.8) is 0 Å². The van der Waals surface area contributed by atoms with Crippen LogP contribution in [0.15, 0.2) is 30.3 Å². The summed E-state index contributed by atoms with van der Waals surface area (Å²) >= 11 is 0. The molecule has 39 heavy (non-hydrogen) atoms.